The predicted molar refractivity (Wildman–Crippen MR) is 136 cm³/mol. The second kappa shape index (κ2) is 9.55. The standard InChI is InChI=1S/C27H26N2O6S/c1-2-13-34-23-18(20(30)21(23)31)27(14-29-24(32)19(28)25(29)36-15-27)26(33)35-22(16-9-5-3-6-10-16)17-11-7-4-8-12-17/h3-12,19,22,25H,2,13-15,28H2,1H3/t19?,25-,27?/m1/s1. The van der Waals surface area contributed by atoms with Crippen LogP contribution in [0.25, 0.3) is 0 Å². The van der Waals surface area contributed by atoms with Crippen molar-refractivity contribution in [3.63, 3.8) is 0 Å². The summed E-state index contributed by atoms with van der Waals surface area (Å²) < 4.78 is 11.8. The molecule has 36 heavy (non-hydrogen) atoms. The minimum Gasteiger partial charge on any atom is -0.489 e. The quantitative estimate of drug-likeness (QED) is 0.280. The number of hydrogen-bond acceptors (Lipinski definition) is 8. The molecule has 8 nitrogen and oxygen atoms in total. The van der Waals surface area contributed by atoms with Crippen molar-refractivity contribution in [1.29, 1.82) is 0 Å². The molecule has 3 aromatic carbocycles. The van der Waals surface area contributed by atoms with E-state index in [2.05, 4.69) is 0 Å². The third-order valence-electron chi connectivity index (χ3n) is 6.74. The van der Waals surface area contributed by atoms with Crippen LogP contribution in [0.15, 0.2) is 70.3 Å². The Morgan fingerprint density at radius 2 is 1.67 bits per heavy atom. The third kappa shape index (κ3) is 3.83. The van der Waals surface area contributed by atoms with Gasteiger partial charge in [0.05, 0.1) is 12.2 Å². The van der Waals surface area contributed by atoms with Crippen LogP contribution in [-0.4, -0.2) is 47.1 Å². The Hall–Kier alpha value is -3.43. The van der Waals surface area contributed by atoms with E-state index in [0.717, 1.165) is 11.1 Å². The van der Waals surface area contributed by atoms with Gasteiger partial charge >= 0.3 is 5.97 Å². The molecule has 0 aromatic heterocycles. The highest BCUT2D eigenvalue weighted by Gasteiger charge is 2.60. The molecule has 0 bridgehead atoms. The summed E-state index contributed by atoms with van der Waals surface area (Å²) in [6, 6.07) is 17.9. The van der Waals surface area contributed by atoms with Crippen LogP contribution in [0.2, 0.25) is 0 Å². The minimum atomic E-state index is -1.55. The van der Waals surface area contributed by atoms with Crippen molar-refractivity contribution in [2.75, 3.05) is 18.9 Å². The molecule has 5 rings (SSSR count). The molecule has 2 aliphatic heterocycles. The van der Waals surface area contributed by atoms with Crippen LogP contribution in [0.4, 0.5) is 0 Å². The molecule has 0 aliphatic carbocycles. The lowest BCUT2D eigenvalue weighted by atomic mass is 9.77. The summed E-state index contributed by atoms with van der Waals surface area (Å²) in [4.78, 5) is 53.4. The van der Waals surface area contributed by atoms with Gasteiger partial charge in [-0.3, -0.25) is 19.2 Å². The Kier molecular flexibility index (Phi) is 6.44. The Labute approximate surface area is 212 Å². The van der Waals surface area contributed by atoms with E-state index >= 15 is 0 Å². The van der Waals surface area contributed by atoms with E-state index in [4.69, 9.17) is 15.2 Å². The van der Waals surface area contributed by atoms with Crippen molar-refractivity contribution in [2.24, 2.45) is 5.73 Å². The second-order valence-electron chi connectivity index (χ2n) is 9.09. The Morgan fingerprint density at radius 1 is 1.06 bits per heavy atom. The van der Waals surface area contributed by atoms with E-state index in [1.54, 1.807) is 0 Å². The predicted octanol–water partition coefficient (Wildman–Crippen LogP) is 1.88. The van der Waals surface area contributed by atoms with E-state index in [1.165, 1.54) is 16.7 Å². The highest BCUT2D eigenvalue weighted by Crippen LogP contribution is 2.46. The van der Waals surface area contributed by atoms with Crippen molar-refractivity contribution in [2.45, 2.75) is 36.3 Å². The number of nitrogens with zero attached hydrogens (tertiary/aromatic N) is 1. The zero-order valence-electron chi connectivity index (χ0n) is 19.7. The molecule has 2 heterocycles. The Morgan fingerprint density at radius 3 is 2.25 bits per heavy atom. The number of nitrogens with two attached hydrogens (primary N) is 1. The lowest BCUT2D eigenvalue weighted by molar-refractivity contribution is -0.159. The van der Waals surface area contributed by atoms with Gasteiger partial charge in [-0.1, -0.05) is 67.6 Å². The first-order valence-electron chi connectivity index (χ1n) is 11.8. The molecule has 2 unspecified atom stereocenters. The number of hydrogen-bond donors (Lipinski definition) is 1. The summed E-state index contributed by atoms with van der Waals surface area (Å²) in [6.45, 7) is 2.00. The molecule has 3 aromatic rings. The van der Waals surface area contributed by atoms with Crippen molar-refractivity contribution in [3.8, 4) is 5.75 Å². The van der Waals surface area contributed by atoms with Gasteiger partial charge in [-0.05, 0) is 17.5 Å². The first-order valence-corrected chi connectivity index (χ1v) is 12.9. The maximum atomic E-state index is 14.1. The van der Waals surface area contributed by atoms with E-state index in [0.29, 0.717) is 6.42 Å². The van der Waals surface area contributed by atoms with E-state index in [-0.39, 0.29) is 41.5 Å². The lowest BCUT2D eigenvalue weighted by Crippen LogP contribution is -2.74. The largest absolute Gasteiger partial charge is 0.489 e. The number of benzene rings is 2. The van der Waals surface area contributed by atoms with Gasteiger partial charge in [-0.25, -0.2) is 0 Å². The average Bonchev–Trinajstić information content (AvgIpc) is 2.93. The number of amides is 1. The van der Waals surface area contributed by atoms with Crippen molar-refractivity contribution < 1.29 is 19.1 Å². The number of carbonyl (C=O) groups excluding carboxylic acids is 2. The molecule has 2 aliphatic rings. The zero-order valence-corrected chi connectivity index (χ0v) is 20.5. The van der Waals surface area contributed by atoms with Gasteiger partial charge in [0.15, 0.2) is 11.9 Å². The van der Waals surface area contributed by atoms with E-state index in [1.807, 2.05) is 67.6 Å². The van der Waals surface area contributed by atoms with Crippen LogP contribution in [0.3, 0.4) is 0 Å². The summed E-state index contributed by atoms with van der Waals surface area (Å²) in [6.07, 6.45) is -0.129. The number of carbonyl (C=O) groups is 2. The fourth-order valence-electron chi connectivity index (χ4n) is 4.80. The van der Waals surface area contributed by atoms with Crippen molar-refractivity contribution >= 4 is 23.6 Å². The number of thioether (sulfide) groups is 1. The Balaban J connectivity index is 1.57. The summed E-state index contributed by atoms with van der Waals surface area (Å²) in [5.41, 5.74) is 4.37. The van der Waals surface area contributed by atoms with Crippen molar-refractivity contribution in [3.05, 3.63) is 97.8 Å². The normalized spacial score (nSPS) is 23.3. The highest BCUT2D eigenvalue weighted by molar-refractivity contribution is 8.00. The number of rotatable bonds is 8. The van der Waals surface area contributed by atoms with Crippen LogP contribution < -0.4 is 21.3 Å². The maximum absolute atomic E-state index is 14.1. The molecule has 3 atom stereocenters. The number of β-lactam (4-membered cyclic amide) rings is 1. The smallest absolute Gasteiger partial charge is 0.320 e. The second-order valence-corrected chi connectivity index (χ2v) is 10.2. The highest BCUT2D eigenvalue weighted by atomic mass is 32.2. The monoisotopic (exact) mass is 506 g/mol. The topological polar surface area (TPSA) is 116 Å². The first kappa shape index (κ1) is 24.3. The molecular weight excluding hydrogens is 480 g/mol. The minimum absolute atomic E-state index is 0.00922. The summed E-state index contributed by atoms with van der Waals surface area (Å²) in [5.74, 6) is -0.960. The molecule has 0 spiro atoms. The van der Waals surface area contributed by atoms with Crippen LogP contribution >= 0.6 is 11.8 Å². The van der Waals surface area contributed by atoms with Crippen LogP contribution in [0, 0.1) is 0 Å². The van der Waals surface area contributed by atoms with Gasteiger partial charge < -0.3 is 20.1 Å². The molecule has 9 heteroatoms. The Bertz CT molecular complexity index is 1310. The molecule has 186 valence electrons. The molecule has 0 radical (unpaired) electrons. The van der Waals surface area contributed by atoms with Crippen LogP contribution in [0.1, 0.15) is 36.1 Å². The number of esters is 1. The fraction of sp³-hybridized carbons (Fsp3) is 0.333. The summed E-state index contributed by atoms with van der Waals surface area (Å²) in [5, 5.41) is -0.288. The maximum Gasteiger partial charge on any atom is 0.320 e. The zero-order chi connectivity index (χ0) is 25.4. The molecule has 2 fully saturated rings. The molecule has 1 amide bonds. The molecular formula is C27H26N2O6S. The lowest BCUT2D eigenvalue weighted by Gasteiger charge is -2.53. The average molecular weight is 507 g/mol. The van der Waals surface area contributed by atoms with E-state index in [9.17, 15) is 19.2 Å². The van der Waals surface area contributed by atoms with Crippen LogP contribution in [-0.2, 0) is 19.7 Å². The van der Waals surface area contributed by atoms with Gasteiger partial charge in [0.25, 0.3) is 5.43 Å². The van der Waals surface area contributed by atoms with Crippen molar-refractivity contribution in [1.82, 2.24) is 4.90 Å². The van der Waals surface area contributed by atoms with E-state index < -0.39 is 34.4 Å². The first-order chi connectivity index (χ1) is 17.4. The number of fused-ring (bicyclic) bond motifs is 1. The van der Waals surface area contributed by atoms with Gasteiger partial charge in [-0.2, -0.15) is 0 Å². The van der Waals surface area contributed by atoms with Gasteiger partial charge in [0.1, 0.15) is 16.8 Å². The molecule has 2 saturated heterocycles. The van der Waals surface area contributed by atoms with Gasteiger partial charge in [0.2, 0.25) is 11.3 Å². The summed E-state index contributed by atoms with van der Waals surface area (Å²) >= 11 is 1.31. The SMILES string of the molecule is CCCOc1c(C2(C(=O)OC(c3ccccc3)c3ccccc3)CS[C@@H]3C(N)C(=O)N3C2)c(=O)c1=O. The number of ether oxygens (including phenoxy) is 2. The molecule has 0 saturated carbocycles. The van der Waals surface area contributed by atoms with Gasteiger partial charge in [-0.15, -0.1) is 11.8 Å². The molecule has 2 N–H and O–H groups in total. The summed E-state index contributed by atoms with van der Waals surface area (Å²) in [7, 11) is 0. The third-order valence-corrected chi connectivity index (χ3v) is 8.29. The fourth-order valence-corrected chi connectivity index (χ4v) is 6.30. The van der Waals surface area contributed by atoms with Gasteiger partial charge in [0, 0.05) is 12.3 Å². The van der Waals surface area contributed by atoms with Crippen LogP contribution in [0.5, 0.6) is 5.75 Å².